The highest BCUT2D eigenvalue weighted by Crippen LogP contribution is 2.32. The van der Waals surface area contributed by atoms with Gasteiger partial charge in [-0.25, -0.2) is 0 Å². The number of esters is 1. The van der Waals surface area contributed by atoms with Crippen LogP contribution >= 0.6 is 0 Å². The molecule has 0 bridgehead atoms. The van der Waals surface area contributed by atoms with Crippen LogP contribution in [0.25, 0.3) is 0 Å². The van der Waals surface area contributed by atoms with Crippen molar-refractivity contribution < 1.29 is 14.3 Å². The van der Waals surface area contributed by atoms with Gasteiger partial charge in [0, 0.05) is 13.7 Å². The van der Waals surface area contributed by atoms with Gasteiger partial charge in [-0.2, -0.15) is 0 Å². The molecular weight excluding hydrogens is 194 g/mol. The topological polar surface area (TPSA) is 47.6 Å². The number of hydrogen-bond donors (Lipinski definition) is 1. The maximum absolute atomic E-state index is 11.7. The first-order valence-corrected chi connectivity index (χ1v) is 5.45. The van der Waals surface area contributed by atoms with E-state index in [2.05, 4.69) is 5.32 Å². The van der Waals surface area contributed by atoms with Gasteiger partial charge in [0.1, 0.15) is 5.54 Å². The van der Waals surface area contributed by atoms with Crippen LogP contribution in [0, 0.1) is 5.92 Å². The largest absolute Gasteiger partial charge is 0.468 e. The van der Waals surface area contributed by atoms with Crippen LogP contribution < -0.4 is 5.32 Å². The molecule has 1 rings (SSSR count). The normalized spacial score (nSPS) is 31.3. The second-order valence-electron chi connectivity index (χ2n) is 4.22. The summed E-state index contributed by atoms with van der Waals surface area (Å²) in [4.78, 5) is 11.7. The third-order valence-corrected chi connectivity index (χ3v) is 3.42. The zero-order valence-corrected chi connectivity index (χ0v) is 9.84. The number of likely N-dealkylation sites (N-methyl/N-ethyl adjacent to an activating group) is 1. The zero-order chi connectivity index (χ0) is 11.3. The molecule has 88 valence electrons. The first kappa shape index (κ1) is 12.5. The smallest absolute Gasteiger partial charge is 0.326 e. The van der Waals surface area contributed by atoms with E-state index in [1.165, 1.54) is 7.11 Å². The van der Waals surface area contributed by atoms with Crippen LogP contribution in [0.2, 0.25) is 0 Å². The first-order valence-electron chi connectivity index (χ1n) is 5.45. The fraction of sp³-hybridized carbons (Fsp3) is 0.909. The molecule has 0 spiro atoms. The molecule has 15 heavy (non-hydrogen) atoms. The Hall–Kier alpha value is -0.610. The standard InChI is InChI=1S/C11H21NO3/c1-12-11(10(13)15-3)6-4-9(5-7-11)8-14-2/h9,12H,4-8H2,1-3H3. The molecule has 1 fully saturated rings. The highest BCUT2D eigenvalue weighted by Gasteiger charge is 2.41. The van der Waals surface area contributed by atoms with Crippen LogP contribution in [0.1, 0.15) is 25.7 Å². The van der Waals surface area contributed by atoms with Crippen LogP contribution in [0.5, 0.6) is 0 Å². The summed E-state index contributed by atoms with van der Waals surface area (Å²) in [6.45, 7) is 0.793. The van der Waals surface area contributed by atoms with Gasteiger partial charge in [-0.3, -0.25) is 4.79 Å². The Morgan fingerprint density at radius 2 is 2.00 bits per heavy atom. The molecule has 0 heterocycles. The molecule has 1 aliphatic rings. The molecule has 0 aromatic carbocycles. The van der Waals surface area contributed by atoms with Crippen molar-refractivity contribution in [3.05, 3.63) is 0 Å². The third kappa shape index (κ3) is 2.69. The van der Waals surface area contributed by atoms with Gasteiger partial charge in [0.2, 0.25) is 0 Å². The van der Waals surface area contributed by atoms with Gasteiger partial charge in [0.05, 0.1) is 7.11 Å². The van der Waals surface area contributed by atoms with Gasteiger partial charge >= 0.3 is 5.97 Å². The van der Waals surface area contributed by atoms with E-state index in [9.17, 15) is 4.79 Å². The lowest BCUT2D eigenvalue weighted by Gasteiger charge is -2.37. The average molecular weight is 215 g/mol. The van der Waals surface area contributed by atoms with E-state index in [0.717, 1.165) is 32.3 Å². The van der Waals surface area contributed by atoms with Crippen molar-refractivity contribution >= 4 is 5.97 Å². The van der Waals surface area contributed by atoms with Crippen molar-refractivity contribution in [3.63, 3.8) is 0 Å². The number of carbonyl (C=O) groups excluding carboxylic acids is 1. The van der Waals surface area contributed by atoms with Gasteiger partial charge in [-0.1, -0.05) is 0 Å². The second-order valence-corrected chi connectivity index (χ2v) is 4.22. The van der Waals surface area contributed by atoms with Crippen LogP contribution in [0.4, 0.5) is 0 Å². The fourth-order valence-corrected chi connectivity index (χ4v) is 2.32. The van der Waals surface area contributed by atoms with E-state index in [1.807, 2.05) is 7.05 Å². The van der Waals surface area contributed by atoms with E-state index in [4.69, 9.17) is 9.47 Å². The lowest BCUT2D eigenvalue weighted by Crippen LogP contribution is -2.53. The molecule has 0 amide bonds. The number of carbonyl (C=O) groups is 1. The van der Waals surface area contributed by atoms with E-state index in [0.29, 0.717) is 5.92 Å². The van der Waals surface area contributed by atoms with E-state index >= 15 is 0 Å². The molecule has 0 aliphatic heterocycles. The molecular formula is C11H21NO3. The van der Waals surface area contributed by atoms with Crippen molar-refractivity contribution in [1.82, 2.24) is 5.32 Å². The lowest BCUT2D eigenvalue weighted by molar-refractivity contribution is -0.150. The van der Waals surface area contributed by atoms with Crippen LogP contribution in [-0.2, 0) is 14.3 Å². The molecule has 1 saturated carbocycles. The number of rotatable bonds is 4. The maximum atomic E-state index is 11.7. The SMILES string of the molecule is CNC1(C(=O)OC)CCC(COC)CC1. The summed E-state index contributed by atoms with van der Waals surface area (Å²) in [5.74, 6) is 0.446. The van der Waals surface area contributed by atoms with Crippen molar-refractivity contribution in [3.8, 4) is 0 Å². The fourth-order valence-electron chi connectivity index (χ4n) is 2.32. The number of ether oxygens (including phenoxy) is 2. The molecule has 4 nitrogen and oxygen atoms in total. The molecule has 0 radical (unpaired) electrons. The van der Waals surface area contributed by atoms with E-state index in [-0.39, 0.29) is 5.97 Å². The van der Waals surface area contributed by atoms with Gasteiger partial charge < -0.3 is 14.8 Å². The van der Waals surface area contributed by atoms with Gasteiger partial charge in [0.25, 0.3) is 0 Å². The summed E-state index contributed by atoms with van der Waals surface area (Å²) in [6, 6.07) is 0. The van der Waals surface area contributed by atoms with Gasteiger partial charge in [-0.05, 0) is 38.6 Å². The predicted octanol–water partition coefficient (Wildman–Crippen LogP) is 0.954. The van der Waals surface area contributed by atoms with Crippen LogP contribution in [0.3, 0.4) is 0 Å². The predicted molar refractivity (Wildman–Crippen MR) is 57.6 cm³/mol. The van der Waals surface area contributed by atoms with Crippen molar-refractivity contribution in [1.29, 1.82) is 0 Å². The monoisotopic (exact) mass is 215 g/mol. The summed E-state index contributed by atoms with van der Waals surface area (Å²) in [5.41, 5.74) is -0.459. The molecule has 0 aromatic rings. The average Bonchev–Trinajstić information content (AvgIpc) is 2.30. The molecule has 0 aromatic heterocycles. The Morgan fingerprint density at radius 1 is 1.40 bits per heavy atom. The quantitative estimate of drug-likeness (QED) is 0.709. The number of methoxy groups -OCH3 is 2. The maximum Gasteiger partial charge on any atom is 0.326 e. The number of hydrogen-bond acceptors (Lipinski definition) is 4. The molecule has 4 heteroatoms. The minimum absolute atomic E-state index is 0.138. The molecule has 1 aliphatic carbocycles. The highest BCUT2D eigenvalue weighted by atomic mass is 16.5. The first-order chi connectivity index (χ1) is 7.18. The Morgan fingerprint density at radius 3 is 2.40 bits per heavy atom. The summed E-state index contributed by atoms with van der Waals surface area (Å²) >= 11 is 0. The molecule has 0 unspecified atom stereocenters. The highest BCUT2D eigenvalue weighted by molar-refractivity contribution is 5.80. The van der Waals surface area contributed by atoms with Crippen LogP contribution in [0.15, 0.2) is 0 Å². The van der Waals surface area contributed by atoms with E-state index in [1.54, 1.807) is 7.11 Å². The Bertz CT molecular complexity index is 210. The van der Waals surface area contributed by atoms with Crippen molar-refractivity contribution in [2.75, 3.05) is 27.9 Å². The van der Waals surface area contributed by atoms with Crippen molar-refractivity contribution in [2.45, 2.75) is 31.2 Å². The zero-order valence-electron chi connectivity index (χ0n) is 9.84. The van der Waals surface area contributed by atoms with Crippen LogP contribution in [-0.4, -0.2) is 39.4 Å². The third-order valence-electron chi connectivity index (χ3n) is 3.42. The minimum Gasteiger partial charge on any atom is -0.468 e. The Labute approximate surface area is 91.3 Å². The Kier molecular flexibility index (Phi) is 4.54. The summed E-state index contributed by atoms with van der Waals surface area (Å²) in [7, 11) is 5.00. The molecule has 1 N–H and O–H groups in total. The van der Waals surface area contributed by atoms with E-state index < -0.39 is 5.54 Å². The van der Waals surface area contributed by atoms with Gasteiger partial charge in [-0.15, -0.1) is 0 Å². The summed E-state index contributed by atoms with van der Waals surface area (Å²) in [6.07, 6.45) is 3.71. The molecule has 0 atom stereocenters. The van der Waals surface area contributed by atoms with Gasteiger partial charge in [0.15, 0.2) is 0 Å². The molecule has 0 saturated heterocycles. The Balaban J connectivity index is 2.54. The van der Waals surface area contributed by atoms with Crippen molar-refractivity contribution in [2.24, 2.45) is 5.92 Å². The summed E-state index contributed by atoms with van der Waals surface area (Å²) < 4.78 is 9.98. The second kappa shape index (κ2) is 5.47. The minimum atomic E-state index is -0.459. The summed E-state index contributed by atoms with van der Waals surface area (Å²) in [5, 5.41) is 3.12. The number of nitrogens with one attached hydrogen (secondary N) is 1. The lowest BCUT2D eigenvalue weighted by atomic mass is 9.77.